The van der Waals surface area contributed by atoms with Crippen LogP contribution in [0.25, 0.3) is 11.0 Å². The second kappa shape index (κ2) is 4.06. The van der Waals surface area contributed by atoms with Gasteiger partial charge in [0.2, 0.25) is 0 Å². The Bertz CT molecular complexity index is 514. The van der Waals surface area contributed by atoms with E-state index in [1.54, 1.807) is 6.20 Å². The zero-order valence-electron chi connectivity index (χ0n) is 10.0. The number of pyridine rings is 1. The van der Waals surface area contributed by atoms with Crippen LogP contribution >= 0.6 is 11.6 Å². The van der Waals surface area contributed by atoms with Gasteiger partial charge in [0.1, 0.15) is 0 Å². The van der Waals surface area contributed by atoms with Crippen molar-refractivity contribution in [2.24, 2.45) is 0 Å². The van der Waals surface area contributed by atoms with Gasteiger partial charge in [0.15, 0.2) is 5.65 Å². The van der Waals surface area contributed by atoms with Crippen LogP contribution in [-0.2, 0) is 0 Å². The van der Waals surface area contributed by atoms with E-state index in [1.807, 2.05) is 10.7 Å². The fraction of sp³-hybridized carbons (Fsp3) is 0.500. The molecular weight excluding hydrogens is 222 g/mol. The lowest BCUT2D eigenvalue weighted by Gasteiger charge is -2.09. The number of halogens is 1. The predicted molar refractivity (Wildman–Crippen MR) is 67.0 cm³/mol. The Morgan fingerprint density at radius 2 is 1.94 bits per heavy atom. The summed E-state index contributed by atoms with van der Waals surface area (Å²) >= 11 is 6.23. The zero-order chi connectivity index (χ0) is 11.9. The maximum absolute atomic E-state index is 6.23. The summed E-state index contributed by atoms with van der Waals surface area (Å²) in [6, 6.07) is 2.23. The van der Waals surface area contributed by atoms with Crippen molar-refractivity contribution in [3.8, 4) is 0 Å². The van der Waals surface area contributed by atoms with Gasteiger partial charge < -0.3 is 0 Å². The summed E-state index contributed by atoms with van der Waals surface area (Å²) in [5, 5.41) is 5.99. The fourth-order valence-corrected chi connectivity index (χ4v) is 1.92. The Kier molecular flexibility index (Phi) is 2.89. The average Bonchev–Trinajstić information content (AvgIpc) is 2.61. The van der Waals surface area contributed by atoms with Crippen molar-refractivity contribution in [2.75, 3.05) is 0 Å². The largest absolute Gasteiger partial charge is 0.245 e. The quantitative estimate of drug-likeness (QED) is 0.796. The van der Waals surface area contributed by atoms with E-state index in [4.69, 9.17) is 11.6 Å². The van der Waals surface area contributed by atoms with Crippen LogP contribution in [0.3, 0.4) is 0 Å². The van der Waals surface area contributed by atoms with Gasteiger partial charge in [-0.1, -0.05) is 25.4 Å². The molecule has 0 aliphatic rings. The highest BCUT2D eigenvalue weighted by Gasteiger charge is 2.13. The topological polar surface area (TPSA) is 30.7 Å². The molecule has 0 fully saturated rings. The van der Waals surface area contributed by atoms with E-state index < -0.39 is 0 Å². The first kappa shape index (κ1) is 11.4. The van der Waals surface area contributed by atoms with Crippen molar-refractivity contribution in [3.63, 3.8) is 0 Å². The molecule has 0 radical (unpaired) electrons. The monoisotopic (exact) mass is 237 g/mol. The molecule has 3 nitrogen and oxygen atoms in total. The summed E-state index contributed by atoms with van der Waals surface area (Å²) in [6.07, 6.45) is 1.79. The fourth-order valence-electron chi connectivity index (χ4n) is 1.67. The number of rotatable bonds is 2. The predicted octanol–water partition coefficient (Wildman–Crippen LogP) is 3.79. The lowest BCUT2D eigenvalue weighted by Crippen LogP contribution is -2.04. The van der Waals surface area contributed by atoms with Crippen LogP contribution in [0.5, 0.6) is 0 Å². The minimum atomic E-state index is 0.295. The molecule has 0 aliphatic heterocycles. The van der Waals surface area contributed by atoms with Gasteiger partial charge in [0, 0.05) is 11.7 Å². The highest BCUT2D eigenvalue weighted by atomic mass is 35.5. The van der Waals surface area contributed by atoms with Gasteiger partial charge in [-0.3, -0.25) is 0 Å². The molecule has 0 amide bonds. The number of hydrogen-bond donors (Lipinski definition) is 0. The third-order valence-electron chi connectivity index (χ3n) is 2.62. The summed E-state index contributed by atoms with van der Waals surface area (Å²) in [5.41, 5.74) is 1.89. The number of nitrogens with zero attached hydrogens (tertiary/aromatic N) is 3. The van der Waals surface area contributed by atoms with E-state index in [-0.39, 0.29) is 0 Å². The molecule has 4 heteroatoms. The van der Waals surface area contributed by atoms with Gasteiger partial charge in [0.25, 0.3) is 0 Å². The summed E-state index contributed by atoms with van der Waals surface area (Å²) in [5.74, 6) is 0.373. The summed E-state index contributed by atoms with van der Waals surface area (Å²) in [4.78, 5) is 4.63. The summed E-state index contributed by atoms with van der Waals surface area (Å²) in [7, 11) is 0. The lowest BCUT2D eigenvalue weighted by molar-refractivity contribution is 0.545. The second-order valence-corrected chi connectivity index (χ2v) is 5.01. The van der Waals surface area contributed by atoms with Crippen molar-refractivity contribution in [3.05, 3.63) is 23.0 Å². The third-order valence-corrected chi connectivity index (χ3v) is 2.93. The smallest absolute Gasteiger partial charge is 0.159 e. The van der Waals surface area contributed by atoms with Gasteiger partial charge >= 0.3 is 0 Å². The highest BCUT2D eigenvalue weighted by molar-refractivity contribution is 6.35. The third kappa shape index (κ3) is 1.80. The lowest BCUT2D eigenvalue weighted by atomic mass is 10.1. The molecule has 2 aromatic heterocycles. The van der Waals surface area contributed by atoms with Crippen LogP contribution in [0.1, 0.15) is 45.3 Å². The minimum absolute atomic E-state index is 0.295. The van der Waals surface area contributed by atoms with Crippen molar-refractivity contribution >= 4 is 22.6 Å². The van der Waals surface area contributed by atoms with Crippen LogP contribution in [0.2, 0.25) is 5.02 Å². The van der Waals surface area contributed by atoms with Gasteiger partial charge in [-0.25, -0.2) is 9.67 Å². The normalized spacial score (nSPS) is 11.9. The Labute approximate surface area is 100 Å². The number of hydrogen-bond acceptors (Lipinski definition) is 2. The average molecular weight is 238 g/mol. The Morgan fingerprint density at radius 3 is 2.50 bits per heavy atom. The maximum Gasteiger partial charge on any atom is 0.159 e. The molecule has 0 aliphatic carbocycles. The zero-order valence-corrected chi connectivity index (χ0v) is 10.8. The highest BCUT2D eigenvalue weighted by Crippen LogP contribution is 2.27. The summed E-state index contributed by atoms with van der Waals surface area (Å²) in [6.45, 7) is 8.40. The molecule has 2 rings (SSSR count). The van der Waals surface area contributed by atoms with Crippen molar-refractivity contribution in [1.82, 2.24) is 14.8 Å². The first-order valence-corrected chi connectivity index (χ1v) is 5.92. The minimum Gasteiger partial charge on any atom is -0.245 e. The van der Waals surface area contributed by atoms with Crippen molar-refractivity contribution in [2.45, 2.75) is 39.7 Å². The standard InChI is InChI=1S/C12H16ClN3/c1-7(2)11-5-10(13)9-6-14-16(8(3)4)12(9)15-11/h5-8H,1-4H3. The van der Waals surface area contributed by atoms with Crippen LogP contribution < -0.4 is 0 Å². The van der Waals surface area contributed by atoms with E-state index >= 15 is 0 Å². The Balaban J connectivity index is 2.71. The van der Waals surface area contributed by atoms with E-state index in [2.05, 4.69) is 37.8 Å². The molecule has 0 N–H and O–H groups in total. The number of aromatic nitrogens is 3. The molecule has 0 saturated carbocycles. The van der Waals surface area contributed by atoms with E-state index in [0.717, 1.165) is 21.7 Å². The van der Waals surface area contributed by atoms with Crippen LogP contribution in [0, 0.1) is 0 Å². The van der Waals surface area contributed by atoms with Gasteiger partial charge in [-0.2, -0.15) is 5.10 Å². The molecular formula is C12H16ClN3. The summed E-state index contributed by atoms with van der Waals surface area (Å²) < 4.78 is 1.91. The molecule has 0 aromatic carbocycles. The molecule has 0 saturated heterocycles. The maximum atomic E-state index is 6.23. The molecule has 16 heavy (non-hydrogen) atoms. The Hall–Kier alpha value is -1.09. The van der Waals surface area contributed by atoms with Crippen LogP contribution in [-0.4, -0.2) is 14.8 Å². The Morgan fingerprint density at radius 1 is 1.25 bits per heavy atom. The van der Waals surface area contributed by atoms with Gasteiger partial charge in [0.05, 0.1) is 16.6 Å². The molecule has 0 spiro atoms. The van der Waals surface area contributed by atoms with Crippen molar-refractivity contribution in [1.29, 1.82) is 0 Å². The molecule has 2 aromatic rings. The molecule has 0 atom stereocenters. The molecule has 0 bridgehead atoms. The van der Waals surface area contributed by atoms with Crippen LogP contribution in [0.15, 0.2) is 12.3 Å². The van der Waals surface area contributed by atoms with Crippen molar-refractivity contribution < 1.29 is 0 Å². The molecule has 2 heterocycles. The van der Waals surface area contributed by atoms with E-state index in [9.17, 15) is 0 Å². The second-order valence-electron chi connectivity index (χ2n) is 4.60. The number of fused-ring (bicyclic) bond motifs is 1. The van der Waals surface area contributed by atoms with Gasteiger partial charge in [-0.05, 0) is 25.8 Å². The van der Waals surface area contributed by atoms with Gasteiger partial charge in [-0.15, -0.1) is 0 Å². The SMILES string of the molecule is CC(C)c1cc(Cl)c2cnn(C(C)C)c2n1. The van der Waals surface area contributed by atoms with E-state index in [1.165, 1.54) is 0 Å². The van der Waals surface area contributed by atoms with E-state index in [0.29, 0.717) is 12.0 Å². The molecule has 86 valence electrons. The van der Waals surface area contributed by atoms with Crippen LogP contribution in [0.4, 0.5) is 0 Å². The molecule has 0 unspecified atom stereocenters. The first-order chi connectivity index (χ1) is 7.50. The first-order valence-electron chi connectivity index (χ1n) is 5.54.